The van der Waals surface area contributed by atoms with Crippen molar-refractivity contribution >= 4 is 45.1 Å². The van der Waals surface area contributed by atoms with Crippen LogP contribution in [0, 0.1) is 0 Å². The molecule has 2 aromatic rings. The van der Waals surface area contributed by atoms with Crippen molar-refractivity contribution in [1.29, 1.82) is 0 Å². The van der Waals surface area contributed by atoms with E-state index < -0.39 is 0 Å². The Morgan fingerprint density at radius 1 is 1.05 bits per heavy atom. The zero-order valence-electron chi connectivity index (χ0n) is 12.1. The average molecular weight is 378 g/mol. The fourth-order valence-electron chi connectivity index (χ4n) is 1.83. The number of anilines is 1. The summed E-state index contributed by atoms with van der Waals surface area (Å²) in [7, 11) is 0. The number of ketones is 1. The molecule has 0 saturated carbocycles. The van der Waals surface area contributed by atoms with Gasteiger partial charge in [-0.05, 0) is 48.9 Å². The third-order valence-electron chi connectivity index (χ3n) is 2.99. The summed E-state index contributed by atoms with van der Waals surface area (Å²) < 4.78 is 1.05. The van der Waals surface area contributed by atoms with Crippen molar-refractivity contribution in [3.63, 3.8) is 0 Å². The van der Waals surface area contributed by atoms with Gasteiger partial charge in [-0.15, -0.1) is 11.8 Å². The van der Waals surface area contributed by atoms with Crippen LogP contribution in [0.25, 0.3) is 0 Å². The number of carbonyl (C=O) groups excluding carboxylic acids is 2. The van der Waals surface area contributed by atoms with Crippen LogP contribution in [-0.2, 0) is 10.5 Å². The Morgan fingerprint density at radius 2 is 1.68 bits per heavy atom. The van der Waals surface area contributed by atoms with Crippen molar-refractivity contribution < 1.29 is 9.59 Å². The number of Topliss-reactive ketones (excluding diaryl/α,β-unsaturated/α-hetero) is 1. The van der Waals surface area contributed by atoms with Crippen LogP contribution >= 0.6 is 27.7 Å². The van der Waals surface area contributed by atoms with Crippen molar-refractivity contribution in [2.75, 3.05) is 11.1 Å². The van der Waals surface area contributed by atoms with Crippen LogP contribution in [0.15, 0.2) is 53.0 Å². The number of halogens is 1. The van der Waals surface area contributed by atoms with Gasteiger partial charge in [0.1, 0.15) is 0 Å². The lowest BCUT2D eigenvalue weighted by Crippen LogP contribution is -2.14. The molecule has 0 spiro atoms. The zero-order chi connectivity index (χ0) is 15.9. The second-order valence-electron chi connectivity index (χ2n) is 4.80. The fraction of sp³-hybridized carbons (Fsp3) is 0.176. The van der Waals surface area contributed by atoms with E-state index in [1.165, 1.54) is 12.5 Å². The molecule has 0 aromatic heterocycles. The van der Waals surface area contributed by atoms with Gasteiger partial charge in [-0.3, -0.25) is 9.59 Å². The molecule has 0 bridgehead atoms. The number of hydrogen-bond donors (Lipinski definition) is 1. The Bertz CT molecular complexity index is 653. The van der Waals surface area contributed by atoms with Crippen LogP contribution in [0.4, 0.5) is 5.69 Å². The quantitative estimate of drug-likeness (QED) is 0.752. The molecule has 3 nitrogen and oxygen atoms in total. The number of rotatable bonds is 6. The third kappa shape index (κ3) is 5.31. The van der Waals surface area contributed by atoms with Gasteiger partial charge >= 0.3 is 0 Å². The molecule has 1 N–H and O–H groups in total. The SMILES string of the molecule is CC(=O)c1ccc(NC(=O)CSCc2ccc(Br)cc2)cc1. The van der Waals surface area contributed by atoms with Crippen LogP contribution in [0.5, 0.6) is 0 Å². The molecule has 0 unspecified atom stereocenters. The summed E-state index contributed by atoms with van der Waals surface area (Å²) in [4.78, 5) is 23.1. The molecule has 5 heteroatoms. The molecular weight excluding hydrogens is 362 g/mol. The van der Waals surface area contributed by atoms with Crippen molar-refractivity contribution in [3.8, 4) is 0 Å². The summed E-state index contributed by atoms with van der Waals surface area (Å²) in [6.07, 6.45) is 0. The first-order chi connectivity index (χ1) is 10.5. The molecule has 0 radical (unpaired) electrons. The second kappa shape index (κ2) is 8.15. The molecule has 0 aliphatic carbocycles. The van der Waals surface area contributed by atoms with Gasteiger partial charge in [0.25, 0.3) is 0 Å². The van der Waals surface area contributed by atoms with Crippen LogP contribution in [-0.4, -0.2) is 17.4 Å². The van der Waals surface area contributed by atoms with Gasteiger partial charge in [-0.25, -0.2) is 0 Å². The van der Waals surface area contributed by atoms with E-state index in [-0.39, 0.29) is 11.7 Å². The van der Waals surface area contributed by atoms with E-state index in [0.717, 1.165) is 10.2 Å². The minimum atomic E-state index is -0.0438. The largest absolute Gasteiger partial charge is 0.325 e. The minimum Gasteiger partial charge on any atom is -0.325 e. The lowest BCUT2D eigenvalue weighted by Gasteiger charge is -2.06. The van der Waals surface area contributed by atoms with Crippen LogP contribution < -0.4 is 5.32 Å². The molecule has 0 atom stereocenters. The Balaban J connectivity index is 1.77. The van der Waals surface area contributed by atoms with Gasteiger partial charge < -0.3 is 5.32 Å². The molecule has 0 heterocycles. The predicted molar refractivity (Wildman–Crippen MR) is 95.4 cm³/mol. The van der Waals surface area contributed by atoms with Gasteiger partial charge in [-0.1, -0.05) is 28.1 Å². The van der Waals surface area contributed by atoms with Crippen LogP contribution in [0.2, 0.25) is 0 Å². The summed E-state index contributed by atoms with van der Waals surface area (Å²) in [5.74, 6) is 1.16. The number of amides is 1. The van der Waals surface area contributed by atoms with E-state index >= 15 is 0 Å². The summed E-state index contributed by atoms with van der Waals surface area (Å²) >= 11 is 4.96. The first-order valence-corrected chi connectivity index (χ1v) is 8.72. The van der Waals surface area contributed by atoms with E-state index in [1.807, 2.05) is 24.3 Å². The maximum absolute atomic E-state index is 11.9. The standard InChI is InChI=1S/C17H16BrNO2S/c1-12(20)14-4-8-16(9-5-14)19-17(21)11-22-10-13-2-6-15(18)7-3-13/h2-9H,10-11H2,1H3,(H,19,21). The molecule has 0 fully saturated rings. The Morgan fingerprint density at radius 3 is 2.27 bits per heavy atom. The van der Waals surface area contributed by atoms with Crippen molar-refractivity contribution in [2.24, 2.45) is 0 Å². The number of thioether (sulfide) groups is 1. The van der Waals surface area contributed by atoms with E-state index in [0.29, 0.717) is 17.0 Å². The van der Waals surface area contributed by atoms with E-state index in [4.69, 9.17) is 0 Å². The molecule has 2 aromatic carbocycles. The van der Waals surface area contributed by atoms with Gasteiger partial charge in [0, 0.05) is 21.5 Å². The first kappa shape index (κ1) is 16.8. The summed E-state index contributed by atoms with van der Waals surface area (Å²) in [5, 5.41) is 2.82. The molecular formula is C17H16BrNO2S. The molecule has 114 valence electrons. The van der Waals surface area contributed by atoms with Crippen LogP contribution in [0.3, 0.4) is 0 Å². The Kier molecular flexibility index (Phi) is 6.21. The summed E-state index contributed by atoms with van der Waals surface area (Å²) in [5.41, 5.74) is 2.54. The highest BCUT2D eigenvalue weighted by Crippen LogP contribution is 2.16. The first-order valence-electron chi connectivity index (χ1n) is 6.77. The zero-order valence-corrected chi connectivity index (χ0v) is 14.5. The normalized spacial score (nSPS) is 10.3. The number of benzene rings is 2. The maximum atomic E-state index is 11.9. The second-order valence-corrected chi connectivity index (χ2v) is 6.70. The third-order valence-corrected chi connectivity index (χ3v) is 4.52. The lowest BCUT2D eigenvalue weighted by molar-refractivity contribution is -0.113. The van der Waals surface area contributed by atoms with Gasteiger partial charge in [0.15, 0.2) is 5.78 Å². The minimum absolute atomic E-state index is 0.0166. The van der Waals surface area contributed by atoms with Gasteiger partial charge in [0.2, 0.25) is 5.91 Å². The van der Waals surface area contributed by atoms with Crippen molar-refractivity contribution in [3.05, 3.63) is 64.1 Å². The van der Waals surface area contributed by atoms with E-state index in [2.05, 4.69) is 21.2 Å². The average Bonchev–Trinajstić information content (AvgIpc) is 2.50. The summed E-state index contributed by atoms with van der Waals surface area (Å²) in [6.45, 7) is 1.52. The van der Waals surface area contributed by atoms with E-state index in [9.17, 15) is 9.59 Å². The van der Waals surface area contributed by atoms with E-state index in [1.54, 1.807) is 36.0 Å². The highest BCUT2D eigenvalue weighted by Gasteiger charge is 2.04. The molecule has 22 heavy (non-hydrogen) atoms. The Labute approximate surface area is 142 Å². The van der Waals surface area contributed by atoms with Crippen LogP contribution in [0.1, 0.15) is 22.8 Å². The highest BCUT2D eigenvalue weighted by molar-refractivity contribution is 9.10. The topological polar surface area (TPSA) is 46.2 Å². The van der Waals surface area contributed by atoms with Crippen molar-refractivity contribution in [1.82, 2.24) is 0 Å². The fourth-order valence-corrected chi connectivity index (χ4v) is 2.88. The maximum Gasteiger partial charge on any atom is 0.234 e. The molecule has 2 rings (SSSR count). The molecule has 0 aliphatic heterocycles. The molecule has 0 aliphatic rings. The van der Waals surface area contributed by atoms with Gasteiger partial charge in [0.05, 0.1) is 5.75 Å². The van der Waals surface area contributed by atoms with Gasteiger partial charge in [-0.2, -0.15) is 0 Å². The Hall–Kier alpha value is -1.59. The summed E-state index contributed by atoms with van der Waals surface area (Å²) in [6, 6.07) is 15.0. The molecule has 1 amide bonds. The number of nitrogens with one attached hydrogen (secondary N) is 1. The predicted octanol–water partition coefficient (Wildman–Crippen LogP) is 4.52. The highest BCUT2D eigenvalue weighted by atomic mass is 79.9. The lowest BCUT2D eigenvalue weighted by atomic mass is 10.1. The smallest absolute Gasteiger partial charge is 0.234 e. The number of hydrogen-bond acceptors (Lipinski definition) is 3. The molecule has 0 saturated heterocycles. The monoisotopic (exact) mass is 377 g/mol. The van der Waals surface area contributed by atoms with Crippen molar-refractivity contribution in [2.45, 2.75) is 12.7 Å². The number of carbonyl (C=O) groups is 2.